The lowest BCUT2D eigenvalue weighted by Crippen LogP contribution is -2.21. The number of hydrogen-bond acceptors (Lipinski definition) is 4. The average molecular weight is 264 g/mol. The van der Waals surface area contributed by atoms with E-state index in [1.165, 1.54) is 5.56 Å². The zero-order chi connectivity index (χ0) is 13.7. The molecule has 19 heavy (non-hydrogen) atoms. The van der Waals surface area contributed by atoms with Gasteiger partial charge in [-0.25, -0.2) is 0 Å². The van der Waals surface area contributed by atoms with Crippen LogP contribution in [0.3, 0.4) is 0 Å². The lowest BCUT2D eigenvalue weighted by molar-refractivity contribution is 0.146. The summed E-state index contributed by atoms with van der Waals surface area (Å²) in [4.78, 5) is 0. The summed E-state index contributed by atoms with van der Waals surface area (Å²) >= 11 is 0. The van der Waals surface area contributed by atoms with Crippen molar-refractivity contribution in [3.05, 3.63) is 23.8 Å². The van der Waals surface area contributed by atoms with Crippen LogP contribution < -0.4 is 15.8 Å². The molecular weight excluding hydrogens is 240 g/mol. The highest BCUT2D eigenvalue weighted by atomic mass is 16.5. The SMILES string of the molecule is COCCOc1cc(C)ccc1NC1CCC(N)C1. The molecule has 1 aromatic rings. The van der Waals surface area contributed by atoms with Crippen molar-refractivity contribution < 1.29 is 9.47 Å². The van der Waals surface area contributed by atoms with E-state index in [1.54, 1.807) is 7.11 Å². The van der Waals surface area contributed by atoms with Crippen molar-refractivity contribution in [1.82, 2.24) is 0 Å². The molecule has 1 aromatic carbocycles. The van der Waals surface area contributed by atoms with Crippen LogP contribution in [-0.4, -0.2) is 32.4 Å². The van der Waals surface area contributed by atoms with Crippen LogP contribution in [0.15, 0.2) is 18.2 Å². The maximum atomic E-state index is 5.95. The number of anilines is 1. The molecule has 0 amide bonds. The molecule has 0 saturated heterocycles. The predicted octanol–water partition coefficient (Wildman–Crippen LogP) is 2.31. The van der Waals surface area contributed by atoms with Crippen molar-refractivity contribution in [3.8, 4) is 5.75 Å². The number of benzene rings is 1. The first-order valence-electron chi connectivity index (χ1n) is 6.93. The molecule has 0 aromatic heterocycles. The molecule has 0 bridgehead atoms. The number of nitrogens with two attached hydrogens (primary N) is 1. The van der Waals surface area contributed by atoms with Gasteiger partial charge in [-0.1, -0.05) is 6.07 Å². The second kappa shape index (κ2) is 6.78. The quantitative estimate of drug-likeness (QED) is 0.774. The van der Waals surface area contributed by atoms with Crippen LogP contribution in [0.2, 0.25) is 0 Å². The highest BCUT2D eigenvalue weighted by Crippen LogP contribution is 2.29. The lowest BCUT2D eigenvalue weighted by Gasteiger charge is -2.18. The monoisotopic (exact) mass is 264 g/mol. The summed E-state index contributed by atoms with van der Waals surface area (Å²) in [7, 11) is 1.68. The summed E-state index contributed by atoms with van der Waals surface area (Å²) in [6.45, 7) is 3.24. The first-order valence-corrected chi connectivity index (χ1v) is 6.93. The van der Waals surface area contributed by atoms with Gasteiger partial charge in [-0.05, 0) is 43.9 Å². The molecule has 4 heteroatoms. The third-order valence-corrected chi connectivity index (χ3v) is 3.51. The van der Waals surface area contributed by atoms with Gasteiger partial charge >= 0.3 is 0 Å². The van der Waals surface area contributed by atoms with Crippen LogP contribution in [0.1, 0.15) is 24.8 Å². The minimum Gasteiger partial charge on any atom is -0.489 e. The van der Waals surface area contributed by atoms with Crippen molar-refractivity contribution in [2.45, 2.75) is 38.3 Å². The van der Waals surface area contributed by atoms with E-state index in [0.717, 1.165) is 30.7 Å². The predicted molar refractivity (Wildman–Crippen MR) is 77.8 cm³/mol. The summed E-state index contributed by atoms with van der Waals surface area (Å²) < 4.78 is 10.8. The average Bonchev–Trinajstić information content (AvgIpc) is 2.78. The van der Waals surface area contributed by atoms with Gasteiger partial charge in [0.25, 0.3) is 0 Å². The van der Waals surface area contributed by atoms with E-state index >= 15 is 0 Å². The Labute approximate surface area is 115 Å². The number of aryl methyl sites for hydroxylation is 1. The summed E-state index contributed by atoms with van der Waals surface area (Å²) in [6, 6.07) is 7.04. The van der Waals surface area contributed by atoms with Crippen LogP contribution in [0.25, 0.3) is 0 Å². The summed E-state index contributed by atoms with van der Waals surface area (Å²) in [5, 5.41) is 3.55. The van der Waals surface area contributed by atoms with Gasteiger partial charge < -0.3 is 20.5 Å². The largest absolute Gasteiger partial charge is 0.489 e. The van der Waals surface area contributed by atoms with Crippen LogP contribution in [-0.2, 0) is 4.74 Å². The van der Waals surface area contributed by atoms with E-state index in [9.17, 15) is 0 Å². The minimum atomic E-state index is 0.334. The Morgan fingerprint density at radius 1 is 1.32 bits per heavy atom. The van der Waals surface area contributed by atoms with Crippen LogP contribution in [0.4, 0.5) is 5.69 Å². The Morgan fingerprint density at radius 3 is 2.84 bits per heavy atom. The number of ether oxygens (including phenoxy) is 2. The van der Waals surface area contributed by atoms with Crippen LogP contribution in [0.5, 0.6) is 5.75 Å². The van der Waals surface area contributed by atoms with Gasteiger partial charge in [0.05, 0.1) is 12.3 Å². The molecule has 1 aliphatic carbocycles. The van der Waals surface area contributed by atoms with E-state index in [2.05, 4.69) is 30.4 Å². The molecule has 1 fully saturated rings. The Morgan fingerprint density at radius 2 is 2.16 bits per heavy atom. The second-order valence-corrected chi connectivity index (χ2v) is 5.26. The van der Waals surface area contributed by atoms with Crippen molar-refractivity contribution >= 4 is 5.69 Å². The second-order valence-electron chi connectivity index (χ2n) is 5.26. The third-order valence-electron chi connectivity index (χ3n) is 3.51. The molecule has 106 valence electrons. The molecule has 0 heterocycles. The number of nitrogens with one attached hydrogen (secondary N) is 1. The van der Waals surface area contributed by atoms with E-state index in [0.29, 0.717) is 25.3 Å². The van der Waals surface area contributed by atoms with Crippen molar-refractivity contribution in [3.63, 3.8) is 0 Å². The molecule has 2 unspecified atom stereocenters. The first-order chi connectivity index (χ1) is 9.19. The summed E-state index contributed by atoms with van der Waals surface area (Å²) in [5.41, 5.74) is 8.20. The smallest absolute Gasteiger partial charge is 0.142 e. The standard InChI is InChI=1S/C15H24N2O2/c1-11-3-6-14(15(9-11)19-8-7-18-2)17-13-5-4-12(16)10-13/h3,6,9,12-13,17H,4-5,7-8,10,16H2,1-2H3. The topological polar surface area (TPSA) is 56.5 Å². The third kappa shape index (κ3) is 4.11. The van der Waals surface area contributed by atoms with Crippen LogP contribution in [0, 0.1) is 6.92 Å². The van der Waals surface area contributed by atoms with Gasteiger partial charge in [-0.2, -0.15) is 0 Å². The lowest BCUT2D eigenvalue weighted by atomic mass is 10.1. The van der Waals surface area contributed by atoms with Gasteiger partial charge in [0.2, 0.25) is 0 Å². The van der Waals surface area contributed by atoms with E-state index in [-0.39, 0.29) is 0 Å². The minimum absolute atomic E-state index is 0.334. The zero-order valence-electron chi connectivity index (χ0n) is 11.8. The van der Waals surface area contributed by atoms with Crippen molar-refractivity contribution in [2.24, 2.45) is 5.73 Å². The molecule has 2 atom stereocenters. The van der Waals surface area contributed by atoms with Gasteiger partial charge in [0.15, 0.2) is 0 Å². The van der Waals surface area contributed by atoms with Crippen molar-refractivity contribution in [2.75, 3.05) is 25.6 Å². The molecule has 1 saturated carbocycles. The van der Waals surface area contributed by atoms with Gasteiger partial charge in [0.1, 0.15) is 12.4 Å². The van der Waals surface area contributed by atoms with Gasteiger partial charge in [-0.15, -0.1) is 0 Å². The number of hydrogen-bond donors (Lipinski definition) is 2. The molecule has 3 N–H and O–H groups in total. The Kier molecular flexibility index (Phi) is 5.05. The molecule has 0 aliphatic heterocycles. The molecule has 0 spiro atoms. The number of rotatable bonds is 6. The normalized spacial score (nSPS) is 22.5. The molecule has 1 aliphatic rings. The fourth-order valence-electron chi connectivity index (χ4n) is 2.47. The van der Waals surface area contributed by atoms with Crippen LogP contribution >= 0.6 is 0 Å². The Hall–Kier alpha value is -1.26. The van der Waals surface area contributed by atoms with Gasteiger partial charge in [-0.3, -0.25) is 0 Å². The molecule has 0 radical (unpaired) electrons. The fourth-order valence-corrected chi connectivity index (χ4v) is 2.47. The molecular formula is C15H24N2O2. The van der Waals surface area contributed by atoms with Gasteiger partial charge in [0, 0.05) is 19.2 Å². The Bertz CT molecular complexity index is 409. The maximum absolute atomic E-state index is 5.95. The first kappa shape index (κ1) is 14.2. The Balaban J connectivity index is 2.01. The fraction of sp³-hybridized carbons (Fsp3) is 0.600. The maximum Gasteiger partial charge on any atom is 0.142 e. The molecule has 2 rings (SSSR count). The van der Waals surface area contributed by atoms with E-state index < -0.39 is 0 Å². The summed E-state index contributed by atoms with van der Waals surface area (Å²) in [5.74, 6) is 0.900. The molecule has 4 nitrogen and oxygen atoms in total. The van der Waals surface area contributed by atoms with E-state index in [1.807, 2.05) is 0 Å². The highest BCUT2D eigenvalue weighted by Gasteiger charge is 2.22. The van der Waals surface area contributed by atoms with Crippen molar-refractivity contribution in [1.29, 1.82) is 0 Å². The summed E-state index contributed by atoms with van der Waals surface area (Å²) in [6.07, 6.45) is 3.27. The number of methoxy groups -OCH3 is 1. The highest BCUT2D eigenvalue weighted by molar-refractivity contribution is 5.58. The van der Waals surface area contributed by atoms with E-state index in [4.69, 9.17) is 15.2 Å². The zero-order valence-corrected chi connectivity index (χ0v) is 11.8.